The van der Waals surface area contributed by atoms with Crippen LogP contribution in [0.25, 0.3) is 0 Å². The third kappa shape index (κ3) is 5.85. The molecule has 1 amide bonds. The standard InChI is InChI=1S/C18H21ClN2O3S/c1-20(17-9-4-3-5-10-17)18(22)14-21(25(2,23)24)12-11-15-7-6-8-16(19)13-15/h3-10,13H,11-12,14H2,1-2H3. The Labute approximate surface area is 153 Å². The van der Waals surface area contributed by atoms with Gasteiger partial charge in [0, 0.05) is 24.3 Å². The fourth-order valence-electron chi connectivity index (χ4n) is 2.36. The molecular weight excluding hydrogens is 360 g/mol. The SMILES string of the molecule is CN(C(=O)CN(CCc1cccc(Cl)c1)S(C)(=O)=O)c1ccccc1. The van der Waals surface area contributed by atoms with Gasteiger partial charge in [-0.15, -0.1) is 0 Å². The van der Waals surface area contributed by atoms with Gasteiger partial charge in [-0.1, -0.05) is 41.9 Å². The van der Waals surface area contributed by atoms with Crippen molar-refractivity contribution in [2.24, 2.45) is 0 Å². The molecule has 5 nitrogen and oxygen atoms in total. The smallest absolute Gasteiger partial charge is 0.242 e. The molecule has 0 aliphatic rings. The van der Waals surface area contributed by atoms with E-state index in [0.29, 0.717) is 11.4 Å². The van der Waals surface area contributed by atoms with Gasteiger partial charge in [-0.05, 0) is 36.2 Å². The van der Waals surface area contributed by atoms with Gasteiger partial charge in [-0.2, -0.15) is 4.31 Å². The second-order valence-corrected chi connectivity index (χ2v) is 8.18. The van der Waals surface area contributed by atoms with Crippen LogP contribution in [-0.4, -0.2) is 45.0 Å². The molecule has 0 fully saturated rings. The minimum atomic E-state index is -3.50. The first kappa shape index (κ1) is 19.4. The molecule has 0 atom stereocenters. The number of para-hydroxylation sites is 1. The fourth-order valence-corrected chi connectivity index (χ4v) is 3.34. The molecule has 2 aromatic rings. The average molecular weight is 381 g/mol. The number of sulfonamides is 1. The molecular formula is C18H21ClN2O3S. The molecule has 7 heteroatoms. The maximum atomic E-state index is 12.5. The molecule has 0 saturated carbocycles. The van der Waals surface area contributed by atoms with Gasteiger partial charge in [0.15, 0.2) is 0 Å². The quantitative estimate of drug-likeness (QED) is 0.742. The van der Waals surface area contributed by atoms with Crippen molar-refractivity contribution in [3.8, 4) is 0 Å². The highest BCUT2D eigenvalue weighted by Gasteiger charge is 2.22. The normalized spacial score (nSPS) is 11.5. The van der Waals surface area contributed by atoms with Crippen molar-refractivity contribution >= 4 is 33.2 Å². The summed E-state index contributed by atoms with van der Waals surface area (Å²) in [5, 5.41) is 0.600. The van der Waals surface area contributed by atoms with Gasteiger partial charge in [-0.3, -0.25) is 4.79 Å². The van der Waals surface area contributed by atoms with Crippen molar-refractivity contribution in [3.05, 3.63) is 65.2 Å². The first-order chi connectivity index (χ1) is 11.8. The number of nitrogens with zero attached hydrogens (tertiary/aromatic N) is 2. The zero-order valence-electron chi connectivity index (χ0n) is 14.2. The highest BCUT2D eigenvalue weighted by atomic mass is 35.5. The summed E-state index contributed by atoms with van der Waals surface area (Å²) in [6, 6.07) is 16.4. The number of hydrogen-bond donors (Lipinski definition) is 0. The van der Waals surface area contributed by atoms with Gasteiger partial charge in [0.25, 0.3) is 0 Å². The van der Waals surface area contributed by atoms with E-state index >= 15 is 0 Å². The Kier molecular flexibility index (Phi) is 6.58. The van der Waals surface area contributed by atoms with Crippen LogP contribution in [0.3, 0.4) is 0 Å². The summed E-state index contributed by atoms with van der Waals surface area (Å²) in [4.78, 5) is 13.9. The molecule has 134 valence electrons. The van der Waals surface area contributed by atoms with Gasteiger partial charge in [0.1, 0.15) is 0 Å². The largest absolute Gasteiger partial charge is 0.314 e. The molecule has 25 heavy (non-hydrogen) atoms. The molecule has 0 unspecified atom stereocenters. The molecule has 0 heterocycles. The van der Waals surface area contributed by atoms with E-state index in [1.54, 1.807) is 31.3 Å². The first-order valence-electron chi connectivity index (χ1n) is 7.78. The van der Waals surface area contributed by atoms with E-state index in [0.717, 1.165) is 17.5 Å². The lowest BCUT2D eigenvalue weighted by Gasteiger charge is -2.23. The van der Waals surface area contributed by atoms with E-state index in [9.17, 15) is 13.2 Å². The molecule has 0 aliphatic carbocycles. The molecule has 0 radical (unpaired) electrons. The highest BCUT2D eigenvalue weighted by Crippen LogP contribution is 2.14. The maximum Gasteiger partial charge on any atom is 0.242 e. The molecule has 2 aromatic carbocycles. The van der Waals surface area contributed by atoms with Gasteiger partial charge >= 0.3 is 0 Å². The van der Waals surface area contributed by atoms with E-state index in [4.69, 9.17) is 11.6 Å². The minimum Gasteiger partial charge on any atom is -0.314 e. The number of carbonyl (C=O) groups is 1. The van der Waals surface area contributed by atoms with E-state index in [2.05, 4.69) is 0 Å². The van der Waals surface area contributed by atoms with Crippen LogP contribution in [0.4, 0.5) is 5.69 Å². The van der Waals surface area contributed by atoms with Gasteiger partial charge in [-0.25, -0.2) is 8.42 Å². The number of benzene rings is 2. The maximum absolute atomic E-state index is 12.5. The second-order valence-electron chi connectivity index (χ2n) is 5.76. The van der Waals surface area contributed by atoms with Crippen molar-refractivity contribution in [1.82, 2.24) is 4.31 Å². The number of likely N-dealkylation sites (N-methyl/N-ethyl adjacent to an activating group) is 1. The van der Waals surface area contributed by atoms with E-state index in [1.807, 2.05) is 30.3 Å². The molecule has 2 rings (SSSR count). The van der Waals surface area contributed by atoms with Crippen LogP contribution in [0.5, 0.6) is 0 Å². The molecule has 0 aliphatic heterocycles. The third-order valence-electron chi connectivity index (χ3n) is 3.84. The van der Waals surface area contributed by atoms with Crippen LogP contribution in [0.2, 0.25) is 5.02 Å². The number of halogens is 1. The molecule has 0 spiro atoms. The Balaban J connectivity index is 2.06. The second kappa shape index (κ2) is 8.47. The molecule has 0 N–H and O–H groups in total. The average Bonchev–Trinajstić information content (AvgIpc) is 2.57. The topological polar surface area (TPSA) is 57.7 Å². The number of hydrogen-bond acceptors (Lipinski definition) is 3. The summed E-state index contributed by atoms with van der Waals surface area (Å²) in [6.07, 6.45) is 1.59. The van der Waals surface area contributed by atoms with Gasteiger partial charge < -0.3 is 4.90 Å². The predicted molar refractivity (Wildman–Crippen MR) is 101 cm³/mol. The summed E-state index contributed by atoms with van der Waals surface area (Å²) in [6.45, 7) is 0.0122. The lowest BCUT2D eigenvalue weighted by Crippen LogP contribution is -2.42. The summed E-state index contributed by atoms with van der Waals surface area (Å²) < 4.78 is 25.3. The number of amides is 1. The van der Waals surface area contributed by atoms with Crippen molar-refractivity contribution in [2.45, 2.75) is 6.42 Å². The summed E-state index contributed by atoms with van der Waals surface area (Å²) in [5.41, 5.74) is 1.64. The highest BCUT2D eigenvalue weighted by molar-refractivity contribution is 7.88. The summed E-state index contributed by atoms with van der Waals surface area (Å²) in [5.74, 6) is -0.289. The van der Waals surface area contributed by atoms with Crippen LogP contribution in [0, 0.1) is 0 Å². The van der Waals surface area contributed by atoms with Crippen LogP contribution >= 0.6 is 11.6 Å². The predicted octanol–water partition coefficient (Wildman–Crippen LogP) is 2.81. The molecule has 0 saturated heterocycles. The van der Waals surface area contributed by atoms with Crippen molar-refractivity contribution in [3.63, 3.8) is 0 Å². The zero-order chi connectivity index (χ0) is 18.4. The number of anilines is 1. The van der Waals surface area contributed by atoms with Crippen molar-refractivity contribution in [2.75, 3.05) is 31.3 Å². The van der Waals surface area contributed by atoms with Crippen molar-refractivity contribution in [1.29, 1.82) is 0 Å². The van der Waals surface area contributed by atoms with E-state index < -0.39 is 10.0 Å². The van der Waals surface area contributed by atoms with Gasteiger partial charge in [0.2, 0.25) is 15.9 Å². The fraction of sp³-hybridized carbons (Fsp3) is 0.278. The Hall–Kier alpha value is -1.89. The number of rotatable bonds is 7. The van der Waals surface area contributed by atoms with Crippen LogP contribution < -0.4 is 4.90 Å². The Bertz CT molecular complexity index is 825. The third-order valence-corrected chi connectivity index (χ3v) is 5.32. The van der Waals surface area contributed by atoms with E-state index in [-0.39, 0.29) is 19.0 Å². The van der Waals surface area contributed by atoms with Crippen LogP contribution in [0.15, 0.2) is 54.6 Å². The molecule has 0 bridgehead atoms. The lowest BCUT2D eigenvalue weighted by atomic mass is 10.1. The van der Waals surface area contributed by atoms with E-state index in [1.165, 1.54) is 9.21 Å². The Morgan fingerprint density at radius 3 is 2.36 bits per heavy atom. The summed E-state index contributed by atoms with van der Waals surface area (Å²) in [7, 11) is -1.87. The Morgan fingerprint density at radius 2 is 1.76 bits per heavy atom. The van der Waals surface area contributed by atoms with Crippen molar-refractivity contribution < 1.29 is 13.2 Å². The van der Waals surface area contributed by atoms with Gasteiger partial charge in [0.05, 0.1) is 12.8 Å². The zero-order valence-corrected chi connectivity index (χ0v) is 15.8. The lowest BCUT2D eigenvalue weighted by molar-refractivity contribution is -0.118. The monoisotopic (exact) mass is 380 g/mol. The van der Waals surface area contributed by atoms with Crippen LogP contribution in [-0.2, 0) is 21.2 Å². The Morgan fingerprint density at radius 1 is 1.08 bits per heavy atom. The first-order valence-corrected chi connectivity index (χ1v) is 10.0. The molecule has 0 aromatic heterocycles. The minimum absolute atomic E-state index is 0.204. The summed E-state index contributed by atoms with van der Waals surface area (Å²) >= 11 is 5.95. The van der Waals surface area contributed by atoms with Crippen LogP contribution in [0.1, 0.15) is 5.56 Å². The number of carbonyl (C=O) groups excluding carboxylic acids is 1.